The molecule has 0 aliphatic carbocycles. The number of carbonyl (C=O) groups excluding carboxylic acids is 1. The second-order valence-electron chi connectivity index (χ2n) is 5.75. The smallest absolute Gasteiger partial charge is 0.406 e. The molecule has 140 valence electrons. The first-order chi connectivity index (χ1) is 12.9. The maximum atomic E-state index is 12.1. The lowest BCUT2D eigenvalue weighted by Crippen LogP contribution is -2.17. The topological polar surface area (TPSA) is 56.1 Å². The Morgan fingerprint density at radius 3 is 2.44 bits per heavy atom. The lowest BCUT2D eigenvalue weighted by atomic mass is 10.1. The van der Waals surface area contributed by atoms with Gasteiger partial charge >= 0.3 is 6.36 Å². The Morgan fingerprint density at radius 2 is 1.78 bits per heavy atom. The van der Waals surface area contributed by atoms with E-state index in [1.54, 1.807) is 17.1 Å². The fraction of sp³-hybridized carbons (Fsp3) is 0.158. The number of benzene rings is 2. The first-order valence-corrected chi connectivity index (χ1v) is 8.14. The van der Waals surface area contributed by atoms with Gasteiger partial charge in [0.25, 0.3) is 0 Å². The molecular formula is C19H16F3N3O2. The van der Waals surface area contributed by atoms with E-state index in [0.29, 0.717) is 12.1 Å². The molecule has 8 heteroatoms. The monoisotopic (exact) mass is 375 g/mol. The van der Waals surface area contributed by atoms with Crippen LogP contribution in [-0.4, -0.2) is 22.1 Å². The van der Waals surface area contributed by atoms with E-state index >= 15 is 0 Å². The lowest BCUT2D eigenvalue weighted by Gasteiger charge is -2.09. The van der Waals surface area contributed by atoms with E-state index in [1.165, 1.54) is 24.3 Å². The molecule has 0 bridgehead atoms. The molecule has 5 nitrogen and oxygen atoms in total. The molecule has 1 aromatic heterocycles. The van der Waals surface area contributed by atoms with Crippen molar-refractivity contribution >= 4 is 11.6 Å². The standard InChI is InChI=1S/C19H16F3N3O2/c20-19(21,22)27-17-9-6-14(7-10-17)8-11-18(26)24-15-12-23-25(13-15)16-4-2-1-3-5-16/h1-7,9-10,12-13H,8,11H2,(H,24,26). The Kier molecular flexibility index (Phi) is 5.44. The number of alkyl halides is 3. The summed E-state index contributed by atoms with van der Waals surface area (Å²) in [6.07, 6.45) is -0.878. The van der Waals surface area contributed by atoms with E-state index in [1.807, 2.05) is 30.3 Å². The van der Waals surface area contributed by atoms with Crippen molar-refractivity contribution in [3.8, 4) is 11.4 Å². The zero-order chi connectivity index (χ0) is 19.3. The van der Waals surface area contributed by atoms with Crippen LogP contribution in [-0.2, 0) is 11.2 Å². The molecular weight excluding hydrogens is 359 g/mol. The zero-order valence-electron chi connectivity index (χ0n) is 14.1. The van der Waals surface area contributed by atoms with E-state index in [0.717, 1.165) is 11.3 Å². The normalized spacial score (nSPS) is 11.2. The number of halogens is 3. The van der Waals surface area contributed by atoms with Crippen molar-refractivity contribution in [1.29, 1.82) is 0 Å². The number of hydrogen-bond donors (Lipinski definition) is 1. The van der Waals surface area contributed by atoms with Crippen LogP contribution < -0.4 is 10.1 Å². The van der Waals surface area contributed by atoms with Crippen molar-refractivity contribution < 1.29 is 22.7 Å². The van der Waals surface area contributed by atoms with Crippen molar-refractivity contribution in [3.05, 3.63) is 72.6 Å². The average Bonchev–Trinajstić information content (AvgIpc) is 3.09. The van der Waals surface area contributed by atoms with Crippen LogP contribution in [0.4, 0.5) is 18.9 Å². The molecule has 0 saturated carbocycles. The van der Waals surface area contributed by atoms with Crippen LogP contribution in [0.15, 0.2) is 67.0 Å². The van der Waals surface area contributed by atoms with Crippen molar-refractivity contribution in [1.82, 2.24) is 9.78 Å². The molecule has 1 heterocycles. The number of aromatic nitrogens is 2. The van der Waals surface area contributed by atoms with Crippen LogP contribution >= 0.6 is 0 Å². The van der Waals surface area contributed by atoms with E-state index < -0.39 is 6.36 Å². The highest BCUT2D eigenvalue weighted by atomic mass is 19.4. The van der Waals surface area contributed by atoms with Gasteiger partial charge in [-0.1, -0.05) is 30.3 Å². The summed E-state index contributed by atoms with van der Waals surface area (Å²) in [7, 11) is 0. The number of nitrogens with one attached hydrogen (secondary N) is 1. The molecule has 3 rings (SSSR count). The number of nitrogens with zero attached hydrogens (tertiary/aromatic N) is 2. The summed E-state index contributed by atoms with van der Waals surface area (Å²) in [5.74, 6) is -0.498. The SMILES string of the molecule is O=C(CCc1ccc(OC(F)(F)F)cc1)Nc1cnn(-c2ccccc2)c1. The summed E-state index contributed by atoms with van der Waals surface area (Å²) in [6, 6.07) is 14.9. The average molecular weight is 375 g/mol. The van der Waals surface area contributed by atoms with E-state index in [2.05, 4.69) is 15.2 Å². The van der Waals surface area contributed by atoms with Gasteiger partial charge in [-0.05, 0) is 36.2 Å². The second kappa shape index (κ2) is 7.94. The van der Waals surface area contributed by atoms with Crippen LogP contribution in [0.1, 0.15) is 12.0 Å². The van der Waals surface area contributed by atoms with Gasteiger partial charge in [-0.3, -0.25) is 4.79 Å². The van der Waals surface area contributed by atoms with Crippen LogP contribution in [0.2, 0.25) is 0 Å². The van der Waals surface area contributed by atoms with Crippen LogP contribution in [0, 0.1) is 0 Å². The predicted molar refractivity (Wildman–Crippen MR) is 93.6 cm³/mol. The number of anilines is 1. The van der Waals surface area contributed by atoms with Gasteiger partial charge < -0.3 is 10.1 Å². The van der Waals surface area contributed by atoms with Crippen molar-refractivity contribution in [2.75, 3.05) is 5.32 Å². The molecule has 0 unspecified atom stereocenters. The fourth-order valence-corrected chi connectivity index (χ4v) is 2.45. The van der Waals surface area contributed by atoms with Gasteiger partial charge in [0.2, 0.25) is 5.91 Å². The van der Waals surface area contributed by atoms with Gasteiger partial charge in [-0.15, -0.1) is 13.2 Å². The molecule has 0 aliphatic heterocycles. The molecule has 0 radical (unpaired) electrons. The third-order valence-electron chi connectivity index (χ3n) is 3.68. The second-order valence-corrected chi connectivity index (χ2v) is 5.75. The molecule has 0 aliphatic rings. The first kappa shape index (κ1) is 18.5. The van der Waals surface area contributed by atoms with Gasteiger partial charge in [0, 0.05) is 6.42 Å². The Labute approximate surface area is 153 Å². The molecule has 0 spiro atoms. The summed E-state index contributed by atoms with van der Waals surface area (Å²) in [5, 5.41) is 6.94. The number of amides is 1. The number of aryl methyl sites for hydroxylation is 1. The van der Waals surface area contributed by atoms with E-state index in [4.69, 9.17) is 0 Å². The minimum atomic E-state index is -4.72. The molecule has 1 amide bonds. The Balaban J connectivity index is 1.51. The number of para-hydroxylation sites is 1. The fourth-order valence-electron chi connectivity index (χ4n) is 2.45. The highest BCUT2D eigenvalue weighted by Gasteiger charge is 2.30. The quantitative estimate of drug-likeness (QED) is 0.697. The van der Waals surface area contributed by atoms with Crippen LogP contribution in [0.5, 0.6) is 5.75 Å². The Hall–Kier alpha value is -3.29. The van der Waals surface area contributed by atoms with Gasteiger partial charge in [0.1, 0.15) is 5.75 Å². The number of rotatable bonds is 6. The Morgan fingerprint density at radius 1 is 1.07 bits per heavy atom. The van der Waals surface area contributed by atoms with Crippen LogP contribution in [0.3, 0.4) is 0 Å². The third-order valence-corrected chi connectivity index (χ3v) is 3.68. The largest absolute Gasteiger partial charge is 0.573 e. The van der Waals surface area contributed by atoms with Gasteiger partial charge in [-0.2, -0.15) is 5.10 Å². The van der Waals surface area contributed by atoms with E-state index in [-0.39, 0.29) is 18.1 Å². The van der Waals surface area contributed by atoms with Crippen molar-refractivity contribution in [3.63, 3.8) is 0 Å². The Bertz CT molecular complexity index is 891. The van der Waals surface area contributed by atoms with Crippen molar-refractivity contribution in [2.45, 2.75) is 19.2 Å². The minimum absolute atomic E-state index is 0.190. The molecule has 27 heavy (non-hydrogen) atoms. The molecule has 0 saturated heterocycles. The predicted octanol–water partition coefficient (Wildman–Crippen LogP) is 4.34. The van der Waals surface area contributed by atoms with Gasteiger partial charge in [0.15, 0.2) is 0 Å². The number of hydrogen-bond acceptors (Lipinski definition) is 3. The van der Waals surface area contributed by atoms with Gasteiger partial charge in [0.05, 0.1) is 23.8 Å². The summed E-state index contributed by atoms with van der Waals surface area (Å²) in [5.41, 5.74) is 2.18. The molecule has 2 aromatic carbocycles. The molecule has 3 aromatic rings. The minimum Gasteiger partial charge on any atom is -0.406 e. The first-order valence-electron chi connectivity index (χ1n) is 8.14. The summed E-state index contributed by atoms with van der Waals surface area (Å²) in [6.45, 7) is 0. The van der Waals surface area contributed by atoms with Gasteiger partial charge in [-0.25, -0.2) is 4.68 Å². The zero-order valence-corrected chi connectivity index (χ0v) is 14.1. The van der Waals surface area contributed by atoms with Crippen LogP contribution in [0.25, 0.3) is 5.69 Å². The number of ether oxygens (including phenoxy) is 1. The highest BCUT2D eigenvalue weighted by molar-refractivity contribution is 5.90. The maximum Gasteiger partial charge on any atom is 0.573 e. The lowest BCUT2D eigenvalue weighted by molar-refractivity contribution is -0.274. The van der Waals surface area contributed by atoms with E-state index in [9.17, 15) is 18.0 Å². The third kappa shape index (κ3) is 5.60. The molecule has 0 fully saturated rings. The summed E-state index contributed by atoms with van der Waals surface area (Å²) >= 11 is 0. The van der Waals surface area contributed by atoms with Crippen molar-refractivity contribution in [2.24, 2.45) is 0 Å². The summed E-state index contributed by atoms with van der Waals surface area (Å²) < 4.78 is 41.9. The molecule has 1 N–H and O–H groups in total. The molecule has 0 atom stereocenters. The number of carbonyl (C=O) groups is 1. The summed E-state index contributed by atoms with van der Waals surface area (Å²) in [4.78, 5) is 12.1. The highest BCUT2D eigenvalue weighted by Crippen LogP contribution is 2.23. The maximum absolute atomic E-state index is 12.1.